The van der Waals surface area contributed by atoms with Gasteiger partial charge in [-0.25, -0.2) is 0 Å². The van der Waals surface area contributed by atoms with E-state index >= 15 is 0 Å². The van der Waals surface area contributed by atoms with Crippen molar-refractivity contribution in [2.45, 2.75) is 19.8 Å². The predicted molar refractivity (Wildman–Crippen MR) is 54.7 cm³/mol. The standard InChI is InChI=1S/C11H12N2O/c1-8(2)11-10-4-3-9(7-14)13(10)6-5-12-11/h3-8H,1-2H3. The van der Waals surface area contributed by atoms with Gasteiger partial charge in [-0.15, -0.1) is 0 Å². The quantitative estimate of drug-likeness (QED) is 0.677. The highest BCUT2D eigenvalue weighted by atomic mass is 16.1. The second kappa shape index (κ2) is 3.25. The highest BCUT2D eigenvalue weighted by molar-refractivity contribution is 5.76. The lowest BCUT2D eigenvalue weighted by Gasteiger charge is -2.06. The first-order valence-corrected chi connectivity index (χ1v) is 4.65. The second-order valence-corrected chi connectivity index (χ2v) is 3.60. The van der Waals surface area contributed by atoms with Gasteiger partial charge in [-0.05, 0) is 18.1 Å². The molecule has 14 heavy (non-hydrogen) atoms. The molecule has 2 heterocycles. The molecule has 0 aliphatic rings. The zero-order valence-electron chi connectivity index (χ0n) is 8.27. The van der Waals surface area contributed by atoms with Gasteiger partial charge in [0.15, 0.2) is 6.29 Å². The van der Waals surface area contributed by atoms with Crippen LogP contribution >= 0.6 is 0 Å². The van der Waals surface area contributed by atoms with E-state index in [-0.39, 0.29) is 0 Å². The van der Waals surface area contributed by atoms with Crippen LogP contribution in [-0.4, -0.2) is 15.7 Å². The lowest BCUT2D eigenvalue weighted by atomic mass is 10.1. The number of carbonyl (C=O) groups excluding carboxylic acids is 1. The van der Waals surface area contributed by atoms with E-state index in [0.717, 1.165) is 17.5 Å². The maximum absolute atomic E-state index is 10.7. The molecule has 0 saturated heterocycles. The van der Waals surface area contributed by atoms with Crippen molar-refractivity contribution in [1.29, 1.82) is 0 Å². The summed E-state index contributed by atoms with van der Waals surface area (Å²) in [5.41, 5.74) is 2.72. The van der Waals surface area contributed by atoms with E-state index in [1.165, 1.54) is 0 Å². The zero-order valence-corrected chi connectivity index (χ0v) is 8.27. The third-order valence-electron chi connectivity index (χ3n) is 2.31. The number of nitrogens with zero attached hydrogens (tertiary/aromatic N) is 2. The van der Waals surface area contributed by atoms with Crippen molar-refractivity contribution in [2.75, 3.05) is 0 Å². The van der Waals surface area contributed by atoms with Crippen molar-refractivity contribution in [1.82, 2.24) is 9.38 Å². The summed E-state index contributed by atoms with van der Waals surface area (Å²) in [4.78, 5) is 15.0. The molecule has 2 aromatic heterocycles. The van der Waals surface area contributed by atoms with Crippen molar-refractivity contribution < 1.29 is 4.79 Å². The van der Waals surface area contributed by atoms with Gasteiger partial charge in [-0.1, -0.05) is 13.8 Å². The average molecular weight is 188 g/mol. The van der Waals surface area contributed by atoms with Crippen LogP contribution in [0.3, 0.4) is 0 Å². The number of carbonyl (C=O) groups is 1. The normalized spacial score (nSPS) is 11.1. The monoisotopic (exact) mass is 188 g/mol. The Hall–Kier alpha value is -1.64. The second-order valence-electron chi connectivity index (χ2n) is 3.60. The van der Waals surface area contributed by atoms with Crippen LogP contribution in [0.4, 0.5) is 0 Å². The molecule has 72 valence electrons. The van der Waals surface area contributed by atoms with E-state index in [0.29, 0.717) is 11.6 Å². The Labute approximate surface area is 82.4 Å². The van der Waals surface area contributed by atoms with E-state index in [1.807, 2.05) is 22.7 Å². The summed E-state index contributed by atoms with van der Waals surface area (Å²) < 4.78 is 1.87. The van der Waals surface area contributed by atoms with Crippen LogP contribution < -0.4 is 0 Å². The van der Waals surface area contributed by atoms with Gasteiger partial charge < -0.3 is 4.40 Å². The summed E-state index contributed by atoms with van der Waals surface area (Å²) >= 11 is 0. The molecule has 0 amide bonds. The van der Waals surface area contributed by atoms with Crippen molar-refractivity contribution in [2.24, 2.45) is 0 Å². The fraction of sp³-hybridized carbons (Fsp3) is 0.273. The van der Waals surface area contributed by atoms with Gasteiger partial charge in [0.05, 0.1) is 16.9 Å². The third kappa shape index (κ3) is 1.21. The molecule has 0 aromatic carbocycles. The summed E-state index contributed by atoms with van der Waals surface area (Å²) in [6, 6.07) is 3.75. The van der Waals surface area contributed by atoms with E-state index in [9.17, 15) is 4.79 Å². The van der Waals surface area contributed by atoms with Gasteiger partial charge in [-0.2, -0.15) is 0 Å². The van der Waals surface area contributed by atoms with Crippen molar-refractivity contribution in [3.8, 4) is 0 Å². The average Bonchev–Trinajstić information content (AvgIpc) is 2.59. The van der Waals surface area contributed by atoms with Crippen LogP contribution in [0.2, 0.25) is 0 Å². The Balaban J connectivity index is 2.76. The van der Waals surface area contributed by atoms with Crippen molar-refractivity contribution >= 4 is 11.8 Å². The topological polar surface area (TPSA) is 34.4 Å². The summed E-state index contributed by atoms with van der Waals surface area (Å²) in [7, 11) is 0. The molecule has 0 atom stereocenters. The minimum Gasteiger partial charge on any atom is -0.311 e. The summed E-state index contributed by atoms with van der Waals surface area (Å²) in [5, 5.41) is 0. The van der Waals surface area contributed by atoms with Gasteiger partial charge >= 0.3 is 0 Å². The Morgan fingerprint density at radius 1 is 1.43 bits per heavy atom. The summed E-state index contributed by atoms with van der Waals surface area (Å²) in [6.45, 7) is 4.19. The smallest absolute Gasteiger partial charge is 0.166 e. The van der Waals surface area contributed by atoms with Crippen LogP contribution in [0.5, 0.6) is 0 Å². The minimum atomic E-state index is 0.369. The molecule has 0 unspecified atom stereocenters. The maximum Gasteiger partial charge on any atom is 0.166 e. The molecule has 0 N–H and O–H groups in total. The summed E-state index contributed by atoms with van der Waals surface area (Å²) in [6.07, 6.45) is 4.40. The molecule has 2 rings (SSSR count). The molecule has 0 aliphatic carbocycles. The van der Waals surface area contributed by atoms with Gasteiger partial charge in [0, 0.05) is 12.4 Å². The number of fused-ring (bicyclic) bond motifs is 1. The number of aldehydes is 1. The van der Waals surface area contributed by atoms with Crippen LogP contribution in [0, 0.1) is 0 Å². The summed E-state index contributed by atoms with van der Waals surface area (Å²) in [5.74, 6) is 0.369. The first-order chi connectivity index (χ1) is 6.74. The largest absolute Gasteiger partial charge is 0.311 e. The van der Waals surface area contributed by atoms with Crippen LogP contribution in [0.15, 0.2) is 24.5 Å². The van der Waals surface area contributed by atoms with Gasteiger partial charge in [-0.3, -0.25) is 9.78 Å². The number of hydrogen-bond donors (Lipinski definition) is 0. The molecule has 0 bridgehead atoms. The Kier molecular flexibility index (Phi) is 2.08. The van der Waals surface area contributed by atoms with Crippen LogP contribution in [0.25, 0.3) is 5.52 Å². The number of hydrogen-bond acceptors (Lipinski definition) is 2. The highest BCUT2D eigenvalue weighted by Crippen LogP contribution is 2.19. The Bertz CT molecular complexity index is 471. The van der Waals surface area contributed by atoms with Crippen molar-refractivity contribution in [3.05, 3.63) is 35.9 Å². The number of aromatic nitrogens is 2. The molecule has 3 heteroatoms. The molecular weight excluding hydrogens is 176 g/mol. The first kappa shape index (κ1) is 8.94. The number of rotatable bonds is 2. The molecule has 2 aromatic rings. The zero-order chi connectivity index (χ0) is 10.1. The molecule has 0 saturated carbocycles. The lowest BCUT2D eigenvalue weighted by Crippen LogP contribution is -1.98. The maximum atomic E-state index is 10.7. The molecular formula is C11H12N2O. The van der Waals surface area contributed by atoms with Gasteiger partial charge in [0.2, 0.25) is 0 Å². The van der Waals surface area contributed by atoms with Crippen LogP contribution in [0.1, 0.15) is 35.9 Å². The fourth-order valence-electron chi connectivity index (χ4n) is 1.63. The van der Waals surface area contributed by atoms with Crippen molar-refractivity contribution in [3.63, 3.8) is 0 Å². The van der Waals surface area contributed by atoms with Gasteiger partial charge in [0.1, 0.15) is 0 Å². The van der Waals surface area contributed by atoms with E-state index in [1.54, 1.807) is 6.20 Å². The first-order valence-electron chi connectivity index (χ1n) is 4.65. The third-order valence-corrected chi connectivity index (χ3v) is 2.31. The van der Waals surface area contributed by atoms with Gasteiger partial charge in [0.25, 0.3) is 0 Å². The SMILES string of the molecule is CC(C)c1nccn2c(C=O)ccc12. The molecule has 0 radical (unpaired) electrons. The van der Waals surface area contributed by atoms with E-state index < -0.39 is 0 Å². The molecule has 3 nitrogen and oxygen atoms in total. The molecule has 0 aliphatic heterocycles. The highest BCUT2D eigenvalue weighted by Gasteiger charge is 2.08. The predicted octanol–water partition coefficient (Wildman–Crippen LogP) is 2.27. The van der Waals surface area contributed by atoms with E-state index in [4.69, 9.17) is 0 Å². The Morgan fingerprint density at radius 2 is 2.21 bits per heavy atom. The lowest BCUT2D eigenvalue weighted by molar-refractivity contribution is 0.111. The molecule has 0 fully saturated rings. The van der Waals surface area contributed by atoms with E-state index in [2.05, 4.69) is 18.8 Å². The fourth-order valence-corrected chi connectivity index (χ4v) is 1.63. The molecule has 0 spiro atoms. The minimum absolute atomic E-state index is 0.369. The van der Waals surface area contributed by atoms with Crippen LogP contribution in [-0.2, 0) is 0 Å². The Morgan fingerprint density at radius 3 is 2.86 bits per heavy atom.